The van der Waals surface area contributed by atoms with E-state index in [0.29, 0.717) is 12.5 Å². The van der Waals surface area contributed by atoms with Gasteiger partial charge in [-0.05, 0) is 6.92 Å². The molecule has 0 saturated heterocycles. The zero-order valence-electron chi connectivity index (χ0n) is 9.02. The summed E-state index contributed by atoms with van der Waals surface area (Å²) in [5, 5.41) is 4.28. The maximum Gasteiger partial charge on any atom is 0.282 e. The van der Waals surface area contributed by atoms with Crippen LogP contribution < -0.4 is 10.5 Å². The van der Waals surface area contributed by atoms with Gasteiger partial charge in [0.2, 0.25) is 5.88 Å². The molecule has 0 bridgehead atoms. The Hall–Kier alpha value is -1.72. The van der Waals surface area contributed by atoms with Gasteiger partial charge in [-0.25, -0.2) is 9.67 Å². The van der Waals surface area contributed by atoms with Crippen molar-refractivity contribution < 1.29 is 9.47 Å². The summed E-state index contributed by atoms with van der Waals surface area (Å²) in [6.45, 7) is 2.37. The van der Waals surface area contributed by atoms with Crippen molar-refractivity contribution in [1.29, 1.82) is 0 Å². The highest BCUT2D eigenvalue weighted by atomic mass is 16.5. The van der Waals surface area contributed by atoms with Crippen molar-refractivity contribution in [3.63, 3.8) is 0 Å². The second kappa shape index (κ2) is 3.45. The third-order valence-electron chi connectivity index (χ3n) is 2.41. The van der Waals surface area contributed by atoms with Crippen LogP contribution in [0.3, 0.4) is 0 Å². The SMILES string of the molecule is COc1c(C2COC(N)=N2)c(C)nn1C. The standard InChI is InChI=1S/C9H14N4O2/c1-5-7(6-4-15-9(10)11-6)8(14-3)13(2)12-5/h6H,4H2,1-3H3,(H2,10,11). The van der Waals surface area contributed by atoms with Crippen LogP contribution in [0.25, 0.3) is 0 Å². The topological polar surface area (TPSA) is 74.7 Å². The number of amidine groups is 1. The molecule has 2 rings (SSSR count). The molecule has 2 heterocycles. The number of methoxy groups -OCH3 is 1. The van der Waals surface area contributed by atoms with Gasteiger partial charge in [-0.3, -0.25) is 0 Å². The first kappa shape index (κ1) is 9.82. The lowest BCUT2D eigenvalue weighted by Crippen LogP contribution is -2.10. The van der Waals surface area contributed by atoms with Gasteiger partial charge < -0.3 is 15.2 Å². The first-order valence-electron chi connectivity index (χ1n) is 4.67. The second-order valence-corrected chi connectivity index (χ2v) is 3.43. The molecule has 82 valence electrons. The van der Waals surface area contributed by atoms with Gasteiger partial charge in [0.1, 0.15) is 12.6 Å². The van der Waals surface area contributed by atoms with E-state index in [-0.39, 0.29) is 12.1 Å². The van der Waals surface area contributed by atoms with Crippen molar-refractivity contribution in [2.75, 3.05) is 13.7 Å². The van der Waals surface area contributed by atoms with Gasteiger partial charge in [-0.15, -0.1) is 0 Å². The third kappa shape index (κ3) is 1.51. The Kier molecular flexibility index (Phi) is 2.26. The van der Waals surface area contributed by atoms with Crippen LogP contribution in [0.2, 0.25) is 0 Å². The van der Waals surface area contributed by atoms with Crippen LogP contribution in [0.15, 0.2) is 4.99 Å². The quantitative estimate of drug-likeness (QED) is 0.752. The summed E-state index contributed by atoms with van der Waals surface area (Å²) >= 11 is 0. The third-order valence-corrected chi connectivity index (χ3v) is 2.41. The normalized spacial score (nSPS) is 19.9. The Morgan fingerprint density at radius 3 is 2.87 bits per heavy atom. The Morgan fingerprint density at radius 2 is 2.33 bits per heavy atom. The van der Waals surface area contributed by atoms with Gasteiger partial charge in [0.15, 0.2) is 0 Å². The van der Waals surface area contributed by atoms with Crippen LogP contribution in [0, 0.1) is 6.92 Å². The van der Waals surface area contributed by atoms with E-state index in [0.717, 1.165) is 11.3 Å². The summed E-state index contributed by atoms with van der Waals surface area (Å²) in [5.41, 5.74) is 7.31. The smallest absolute Gasteiger partial charge is 0.282 e. The van der Waals surface area contributed by atoms with Crippen LogP contribution >= 0.6 is 0 Å². The predicted molar refractivity (Wildman–Crippen MR) is 54.8 cm³/mol. The highest BCUT2D eigenvalue weighted by molar-refractivity contribution is 5.73. The maximum atomic E-state index is 5.47. The Labute approximate surface area is 87.7 Å². The van der Waals surface area contributed by atoms with Crippen LogP contribution in [0.1, 0.15) is 17.3 Å². The summed E-state index contributed by atoms with van der Waals surface area (Å²) in [6.07, 6.45) is 0. The van der Waals surface area contributed by atoms with E-state index in [1.54, 1.807) is 11.8 Å². The molecule has 2 N–H and O–H groups in total. The molecular formula is C9H14N4O2. The van der Waals surface area contributed by atoms with Crippen molar-refractivity contribution in [3.8, 4) is 5.88 Å². The molecule has 1 aliphatic heterocycles. The van der Waals surface area contributed by atoms with Crippen LogP contribution in [-0.4, -0.2) is 29.5 Å². The molecule has 0 amide bonds. The lowest BCUT2D eigenvalue weighted by atomic mass is 10.1. The van der Waals surface area contributed by atoms with E-state index < -0.39 is 0 Å². The van der Waals surface area contributed by atoms with Crippen molar-refractivity contribution in [3.05, 3.63) is 11.3 Å². The van der Waals surface area contributed by atoms with Gasteiger partial charge in [0.25, 0.3) is 6.02 Å². The number of aryl methyl sites for hydroxylation is 2. The van der Waals surface area contributed by atoms with Crippen LogP contribution in [-0.2, 0) is 11.8 Å². The number of nitrogens with zero attached hydrogens (tertiary/aromatic N) is 3. The van der Waals surface area contributed by atoms with E-state index in [4.69, 9.17) is 15.2 Å². The van der Waals surface area contributed by atoms with E-state index in [1.165, 1.54) is 0 Å². The number of ether oxygens (including phenoxy) is 2. The van der Waals surface area contributed by atoms with Crippen molar-refractivity contribution in [2.24, 2.45) is 17.8 Å². The fourth-order valence-electron chi connectivity index (χ4n) is 1.82. The minimum Gasteiger partial charge on any atom is -0.481 e. The first-order chi connectivity index (χ1) is 7.13. The fourth-order valence-corrected chi connectivity index (χ4v) is 1.82. The van der Waals surface area contributed by atoms with Gasteiger partial charge in [0.05, 0.1) is 18.4 Å². The fraction of sp³-hybridized carbons (Fsp3) is 0.556. The molecule has 0 fully saturated rings. The molecule has 0 spiro atoms. The molecule has 1 aromatic heterocycles. The average Bonchev–Trinajstić information content (AvgIpc) is 2.70. The Bertz CT molecular complexity index is 410. The molecule has 6 heteroatoms. The summed E-state index contributed by atoms with van der Waals surface area (Å²) in [5.74, 6) is 0.708. The molecular weight excluding hydrogens is 196 g/mol. The molecule has 1 unspecified atom stereocenters. The number of hydrogen-bond acceptors (Lipinski definition) is 5. The van der Waals surface area contributed by atoms with Crippen molar-refractivity contribution in [1.82, 2.24) is 9.78 Å². The van der Waals surface area contributed by atoms with Gasteiger partial charge in [0, 0.05) is 7.05 Å². The summed E-state index contributed by atoms with van der Waals surface area (Å²) in [6, 6.07) is 0.124. The van der Waals surface area contributed by atoms with Gasteiger partial charge >= 0.3 is 0 Å². The number of rotatable bonds is 2. The largest absolute Gasteiger partial charge is 0.481 e. The highest BCUT2D eigenvalue weighted by Crippen LogP contribution is 2.32. The van der Waals surface area contributed by atoms with E-state index in [2.05, 4.69) is 10.1 Å². The summed E-state index contributed by atoms with van der Waals surface area (Å²) in [4.78, 5) is 4.18. The molecule has 0 aliphatic carbocycles. The lowest BCUT2D eigenvalue weighted by Gasteiger charge is -2.07. The van der Waals surface area contributed by atoms with Gasteiger partial charge in [-0.1, -0.05) is 0 Å². The molecule has 1 aromatic rings. The monoisotopic (exact) mass is 210 g/mol. The van der Waals surface area contributed by atoms with Crippen LogP contribution in [0.4, 0.5) is 0 Å². The molecule has 1 atom stereocenters. The minimum atomic E-state index is -0.103. The second-order valence-electron chi connectivity index (χ2n) is 3.43. The average molecular weight is 210 g/mol. The Morgan fingerprint density at radius 1 is 1.60 bits per heavy atom. The zero-order valence-corrected chi connectivity index (χ0v) is 9.02. The maximum absolute atomic E-state index is 5.47. The van der Waals surface area contributed by atoms with E-state index in [9.17, 15) is 0 Å². The van der Waals surface area contributed by atoms with E-state index >= 15 is 0 Å². The highest BCUT2D eigenvalue weighted by Gasteiger charge is 2.27. The molecule has 15 heavy (non-hydrogen) atoms. The van der Waals surface area contributed by atoms with E-state index in [1.807, 2.05) is 14.0 Å². The Balaban J connectivity index is 2.43. The zero-order chi connectivity index (χ0) is 11.0. The predicted octanol–water partition coefficient (Wildman–Crippen LogP) is 0.123. The molecule has 0 aromatic carbocycles. The summed E-state index contributed by atoms with van der Waals surface area (Å²) in [7, 11) is 3.45. The van der Waals surface area contributed by atoms with Crippen molar-refractivity contribution >= 4 is 6.02 Å². The number of aliphatic imine (C=N–C) groups is 1. The van der Waals surface area contributed by atoms with Gasteiger partial charge in [-0.2, -0.15) is 5.10 Å². The number of hydrogen-bond donors (Lipinski definition) is 1. The number of nitrogens with two attached hydrogens (primary N) is 1. The molecule has 0 saturated carbocycles. The minimum absolute atomic E-state index is 0.103. The van der Waals surface area contributed by atoms with Crippen molar-refractivity contribution in [2.45, 2.75) is 13.0 Å². The molecule has 1 aliphatic rings. The summed E-state index contributed by atoms with van der Waals surface area (Å²) < 4.78 is 12.1. The van der Waals surface area contributed by atoms with Crippen LogP contribution in [0.5, 0.6) is 5.88 Å². The first-order valence-corrected chi connectivity index (χ1v) is 4.67. The lowest BCUT2D eigenvalue weighted by molar-refractivity contribution is 0.308. The molecule has 0 radical (unpaired) electrons. The molecule has 6 nitrogen and oxygen atoms in total. The number of aromatic nitrogens is 2.